The third kappa shape index (κ3) is 1.89. The predicted molar refractivity (Wildman–Crippen MR) is 46.5 cm³/mol. The number of carbonyl (C=O) groups excluding carboxylic acids is 1. The van der Waals surface area contributed by atoms with E-state index in [1.165, 1.54) is 25.2 Å². The zero-order valence-corrected chi connectivity index (χ0v) is 7.22. The molecule has 0 aromatic heterocycles. The van der Waals surface area contributed by atoms with Crippen molar-refractivity contribution in [1.29, 1.82) is 0 Å². The lowest BCUT2D eigenvalue weighted by Gasteiger charge is -2.00. The maximum absolute atomic E-state index is 11.0. The molecular formula is C8H8ClNO2. The summed E-state index contributed by atoms with van der Waals surface area (Å²) in [5.74, 6) is -0.283. The number of nitrogens with one attached hydrogen (secondary N) is 1. The number of amides is 1. The number of hydrogen-bond donors (Lipinski definition) is 2. The van der Waals surface area contributed by atoms with Crippen LogP contribution in [0.15, 0.2) is 18.2 Å². The van der Waals surface area contributed by atoms with Gasteiger partial charge < -0.3 is 10.4 Å². The number of halogens is 1. The second-order valence-electron chi connectivity index (χ2n) is 2.28. The summed E-state index contributed by atoms with van der Waals surface area (Å²) in [6, 6.07) is 4.21. The van der Waals surface area contributed by atoms with Crippen molar-refractivity contribution >= 4 is 17.5 Å². The molecule has 0 aliphatic carbocycles. The Morgan fingerprint density at radius 2 is 2.17 bits per heavy atom. The number of rotatable bonds is 1. The minimum atomic E-state index is -0.271. The highest BCUT2D eigenvalue weighted by atomic mass is 35.5. The van der Waals surface area contributed by atoms with E-state index in [2.05, 4.69) is 5.32 Å². The van der Waals surface area contributed by atoms with Crippen molar-refractivity contribution in [2.24, 2.45) is 0 Å². The van der Waals surface area contributed by atoms with E-state index in [0.717, 1.165) is 0 Å². The molecule has 0 unspecified atom stereocenters. The molecule has 0 atom stereocenters. The third-order valence-electron chi connectivity index (χ3n) is 1.37. The highest BCUT2D eigenvalue weighted by molar-refractivity contribution is 6.31. The molecule has 3 nitrogen and oxygen atoms in total. The standard InChI is InChI=1S/C8H8ClNO2/c1-10-8(12)5-2-6(9)4-7(11)3-5/h2-4,11H,1H3,(H,10,12). The van der Waals surface area contributed by atoms with E-state index >= 15 is 0 Å². The van der Waals surface area contributed by atoms with Gasteiger partial charge in [0.15, 0.2) is 0 Å². The lowest BCUT2D eigenvalue weighted by molar-refractivity contribution is 0.0962. The molecule has 0 fully saturated rings. The summed E-state index contributed by atoms with van der Waals surface area (Å²) in [4.78, 5) is 11.0. The third-order valence-corrected chi connectivity index (χ3v) is 1.59. The molecule has 0 saturated heterocycles. The normalized spacial score (nSPS) is 9.50. The van der Waals surface area contributed by atoms with Crippen LogP contribution in [0.1, 0.15) is 10.4 Å². The molecule has 1 aromatic rings. The van der Waals surface area contributed by atoms with Crippen LogP contribution in [0.4, 0.5) is 0 Å². The van der Waals surface area contributed by atoms with Gasteiger partial charge in [0, 0.05) is 17.6 Å². The van der Waals surface area contributed by atoms with Gasteiger partial charge >= 0.3 is 0 Å². The Morgan fingerprint density at radius 3 is 2.67 bits per heavy atom. The Bertz CT molecular complexity index is 292. The average Bonchev–Trinajstić information content (AvgIpc) is 2.01. The van der Waals surface area contributed by atoms with Gasteiger partial charge in [-0.3, -0.25) is 4.79 Å². The fourth-order valence-electron chi connectivity index (χ4n) is 0.850. The fraction of sp³-hybridized carbons (Fsp3) is 0.125. The van der Waals surface area contributed by atoms with Crippen LogP contribution in [0.2, 0.25) is 5.02 Å². The molecule has 4 heteroatoms. The number of aromatic hydroxyl groups is 1. The van der Waals surface area contributed by atoms with Gasteiger partial charge in [-0.2, -0.15) is 0 Å². The Morgan fingerprint density at radius 1 is 1.50 bits per heavy atom. The second-order valence-corrected chi connectivity index (χ2v) is 2.71. The quantitative estimate of drug-likeness (QED) is 0.695. The van der Waals surface area contributed by atoms with E-state index in [4.69, 9.17) is 16.7 Å². The Hall–Kier alpha value is -1.22. The molecule has 1 aromatic carbocycles. The Kier molecular flexibility index (Phi) is 2.55. The lowest BCUT2D eigenvalue weighted by atomic mass is 10.2. The summed E-state index contributed by atoms with van der Waals surface area (Å²) >= 11 is 5.61. The Balaban J connectivity index is 3.08. The van der Waals surface area contributed by atoms with Crippen molar-refractivity contribution in [3.63, 3.8) is 0 Å². The van der Waals surface area contributed by atoms with Crippen LogP contribution in [-0.4, -0.2) is 18.1 Å². The van der Waals surface area contributed by atoms with Crippen LogP contribution in [-0.2, 0) is 0 Å². The number of phenols is 1. The van der Waals surface area contributed by atoms with Crippen molar-refractivity contribution in [3.05, 3.63) is 28.8 Å². The van der Waals surface area contributed by atoms with Gasteiger partial charge in [-0.25, -0.2) is 0 Å². The maximum atomic E-state index is 11.0. The summed E-state index contributed by atoms with van der Waals surface area (Å²) in [6.07, 6.45) is 0. The van der Waals surface area contributed by atoms with Gasteiger partial charge in [-0.05, 0) is 18.2 Å². The topological polar surface area (TPSA) is 49.3 Å². The molecule has 0 spiro atoms. The summed E-state index contributed by atoms with van der Waals surface area (Å²) in [7, 11) is 1.51. The van der Waals surface area contributed by atoms with E-state index < -0.39 is 0 Å². The summed E-state index contributed by atoms with van der Waals surface area (Å²) < 4.78 is 0. The first-order valence-electron chi connectivity index (χ1n) is 3.35. The van der Waals surface area contributed by atoms with Crippen LogP contribution in [0.3, 0.4) is 0 Å². The molecule has 0 heterocycles. The highest BCUT2D eigenvalue weighted by Crippen LogP contribution is 2.19. The molecule has 0 radical (unpaired) electrons. The second kappa shape index (κ2) is 3.45. The van der Waals surface area contributed by atoms with Crippen LogP contribution in [0, 0.1) is 0 Å². The average molecular weight is 186 g/mol. The van der Waals surface area contributed by atoms with Gasteiger partial charge in [-0.15, -0.1) is 0 Å². The molecule has 1 amide bonds. The van der Waals surface area contributed by atoms with Crippen LogP contribution < -0.4 is 5.32 Å². The minimum Gasteiger partial charge on any atom is -0.508 e. The van der Waals surface area contributed by atoms with Crippen molar-refractivity contribution in [3.8, 4) is 5.75 Å². The number of hydrogen-bond acceptors (Lipinski definition) is 2. The highest BCUT2D eigenvalue weighted by Gasteiger charge is 2.04. The molecule has 0 saturated carbocycles. The molecular weight excluding hydrogens is 178 g/mol. The minimum absolute atomic E-state index is 0.0129. The summed E-state index contributed by atoms with van der Waals surface area (Å²) in [6.45, 7) is 0. The molecule has 0 aliphatic heterocycles. The van der Waals surface area contributed by atoms with E-state index in [1.807, 2.05) is 0 Å². The first-order chi connectivity index (χ1) is 5.63. The van der Waals surface area contributed by atoms with E-state index in [1.54, 1.807) is 0 Å². The predicted octanol–water partition coefficient (Wildman–Crippen LogP) is 1.41. The van der Waals surface area contributed by atoms with E-state index in [0.29, 0.717) is 10.6 Å². The molecule has 1 rings (SSSR count). The van der Waals surface area contributed by atoms with E-state index in [-0.39, 0.29) is 11.7 Å². The monoisotopic (exact) mass is 185 g/mol. The SMILES string of the molecule is CNC(=O)c1cc(O)cc(Cl)c1. The van der Waals surface area contributed by atoms with Gasteiger partial charge in [-0.1, -0.05) is 11.6 Å². The summed E-state index contributed by atoms with van der Waals surface area (Å²) in [5, 5.41) is 11.8. The molecule has 0 aliphatic rings. The number of phenolic OH excluding ortho intramolecular Hbond substituents is 1. The first-order valence-corrected chi connectivity index (χ1v) is 3.73. The molecule has 64 valence electrons. The number of carbonyl (C=O) groups is 1. The van der Waals surface area contributed by atoms with Gasteiger partial charge in [0.1, 0.15) is 5.75 Å². The van der Waals surface area contributed by atoms with E-state index in [9.17, 15) is 4.79 Å². The molecule has 0 bridgehead atoms. The van der Waals surface area contributed by atoms with Crippen LogP contribution in [0.5, 0.6) is 5.75 Å². The summed E-state index contributed by atoms with van der Waals surface area (Å²) in [5.41, 5.74) is 0.350. The van der Waals surface area contributed by atoms with Crippen molar-refractivity contribution in [2.45, 2.75) is 0 Å². The van der Waals surface area contributed by atoms with Gasteiger partial charge in [0.2, 0.25) is 0 Å². The Labute approximate surface area is 75.0 Å². The van der Waals surface area contributed by atoms with Crippen molar-refractivity contribution in [2.75, 3.05) is 7.05 Å². The number of benzene rings is 1. The smallest absolute Gasteiger partial charge is 0.251 e. The zero-order valence-electron chi connectivity index (χ0n) is 6.47. The first kappa shape index (κ1) is 8.87. The van der Waals surface area contributed by atoms with Crippen LogP contribution >= 0.6 is 11.6 Å². The maximum Gasteiger partial charge on any atom is 0.251 e. The largest absolute Gasteiger partial charge is 0.508 e. The van der Waals surface area contributed by atoms with Gasteiger partial charge in [0.05, 0.1) is 0 Å². The lowest BCUT2D eigenvalue weighted by Crippen LogP contribution is -2.17. The zero-order chi connectivity index (χ0) is 9.14. The van der Waals surface area contributed by atoms with Crippen molar-refractivity contribution in [1.82, 2.24) is 5.32 Å². The fourth-order valence-corrected chi connectivity index (χ4v) is 1.08. The molecule has 2 N–H and O–H groups in total. The molecule has 12 heavy (non-hydrogen) atoms. The van der Waals surface area contributed by atoms with Crippen LogP contribution in [0.25, 0.3) is 0 Å². The van der Waals surface area contributed by atoms with Gasteiger partial charge in [0.25, 0.3) is 5.91 Å². The van der Waals surface area contributed by atoms with Crippen molar-refractivity contribution < 1.29 is 9.90 Å².